The number of hydrogen-bond donors (Lipinski definition) is 2. The number of carbonyl (C=O) groups is 1. The SMILES string of the molecule is CC(C)CCC(=CC(=O)O)Nc1ccc(Br)cc1. The smallest absolute Gasteiger partial charge is 0.330 e. The van der Waals surface area contributed by atoms with Gasteiger partial charge in [-0.1, -0.05) is 29.8 Å². The maximum atomic E-state index is 10.8. The van der Waals surface area contributed by atoms with Crippen LogP contribution in [0.5, 0.6) is 0 Å². The Hall–Kier alpha value is -1.29. The standard InChI is InChI=1S/C14H18BrNO2/c1-10(2)3-6-13(9-14(17)18)16-12-7-4-11(15)5-8-12/h4-5,7-10,16H,3,6H2,1-2H3,(H,17,18). The molecule has 0 bridgehead atoms. The zero-order valence-corrected chi connectivity index (χ0v) is 12.2. The Morgan fingerprint density at radius 1 is 1.39 bits per heavy atom. The molecule has 0 fully saturated rings. The van der Waals surface area contributed by atoms with Crippen LogP contribution in [0.1, 0.15) is 26.7 Å². The van der Waals surface area contributed by atoms with E-state index in [4.69, 9.17) is 5.11 Å². The normalized spacial score (nSPS) is 11.7. The summed E-state index contributed by atoms with van der Waals surface area (Å²) < 4.78 is 0.999. The second-order valence-corrected chi connectivity index (χ2v) is 5.49. The van der Waals surface area contributed by atoms with Gasteiger partial charge < -0.3 is 10.4 Å². The Morgan fingerprint density at radius 2 is 2.00 bits per heavy atom. The second kappa shape index (κ2) is 7.21. The number of nitrogens with one attached hydrogen (secondary N) is 1. The van der Waals surface area contributed by atoms with E-state index in [1.807, 2.05) is 24.3 Å². The van der Waals surface area contributed by atoms with Crippen molar-refractivity contribution in [2.75, 3.05) is 5.32 Å². The van der Waals surface area contributed by atoms with Crippen molar-refractivity contribution in [1.82, 2.24) is 0 Å². The van der Waals surface area contributed by atoms with E-state index in [0.717, 1.165) is 28.7 Å². The Kier molecular flexibility index (Phi) is 5.92. The lowest BCUT2D eigenvalue weighted by molar-refractivity contribution is -0.131. The molecule has 0 unspecified atom stereocenters. The molecule has 0 spiro atoms. The van der Waals surface area contributed by atoms with E-state index in [9.17, 15) is 4.79 Å². The van der Waals surface area contributed by atoms with E-state index in [1.165, 1.54) is 6.08 Å². The van der Waals surface area contributed by atoms with Crippen LogP contribution in [0, 0.1) is 5.92 Å². The number of halogens is 1. The molecule has 0 atom stereocenters. The fraction of sp³-hybridized carbons (Fsp3) is 0.357. The molecule has 98 valence electrons. The maximum Gasteiger partial charge on any atom is 0.330 e. The molecule has 0 saturated carbocycles. The molecule has 4 heteroatoms. The zero-order valence-electron chi connectivity index (χ0n) is 10.6. The number of anilines is 1. The average Bonchev–Trinajstić information content (AvgIpc) is 2.28. The van der Waals surface area contributed by atoms with Crippen LogP contribution in [0.4, 0.5) is 5.69 Å². The van der Waals surface area contributed by atoms with Gasteiger partial charge in [-0.3, -0.25) is 0 Å². The molecule has 3 nitrogen and oxygen atoms in total. The number of hydrogen-bond acceptors (Lipinski definition) is 2. The lowest BCUT2D eigenvalue weighted by atomic mass is 10.1. The van der Waals surface area contributed by atoms with Gasteiger partial charge in [-0.15, -0.1) is 0 Å². The van der Waals surface area contributed by atoms with Crippen molar-refractivity contribution < 1.29 is 9.90 Å². The van der Waals surface area contributed by atoms with Gasteiger partial charge in [-0.25, -0.2) is 4.79 Å². The first kappa shape index (κ1) is 14.8. The monoisotopic (exact) mass is 311 g/mol. The average molecular weight is 312 g/mol. The molecule has 1 aromatic rings. The van der Waals surface area contributed by atoms with E-state index < -0.39 is 5.97 Å². The summed E-state index contributed by atoms with van der Waals surface area (Å²) in [6, 6.07) is 7.66. The van der Waals surface area contributed by atoms with E-state index in [-0.39, 0.29) is 0 Å². The summed E-state index contributed by atoms with van der Waals surface area (Å²) in [6.45, 7) is 4.25. The van der Waals surface area contributed by atoms with Crippen LogP contribution in [0.2, 0.25) is 0 Å². The Bertz CT molecular complexity index is 424. The third kappa shape index (κ3) is 5.87. The molecular weight excluding hydrogens is 294 g/mol. The summed E-state index contributed by atoms with van der Waals surface area (Å²) in [5, 5.41) is 12.0. The molecule has 1 rings (SSSR count). The van der Waals surface area contributed by atoms with Crippen molar-refractivity contribution in [2.24, 2.45) is 5.92 Å². The molecule has 0 heterocycles. The maximum absolute atomic E-state index is 10.8. The van der Waals surface area contributed by atoms with Crippen molar-refractivity contribution in [1.29, 1.82) is 0 Å². The van der Waals surface area contributed by atoms with Gasteiger partial charge in [0.25, 0.3) is 0 Å². The third-order valence-corrected chi connectivity index (χ3v) is 2.97. The van der Waals surface area contributed by atoms with Gasteiger partial charge in [-0.2, -0.15) is 0 Å². The summed E-state index contributed by atoms with van der Waals surface area (Å²) in [5.74, 6) is -0.368. The number of carboxylic acids is 1. The van der Waals surface area contributed by atoms with Crippen LogP contribution >= 0.6 is 15.9 Å². The van der Waals surface area contributed by atoms with Gasteiger partial charge in [0.2, 0.25) is 0 Å². The summed E-state index contributed by atoms with van der Waals surface area (Å²) in [5.41, 5.74) is 1.63. The van der Waals surface area contributed by atoms with Crippen molar-refractivity contribution >= 4 is 27.6 Å². The van der Waals surface area contributed by atoms with Crippen LogP contribution in [0.3, 0.4) is 0 Å². The molecule has 1 aromatic carbocycles. The molecule has 2 N–H and O–H groups in total. The van der Waals surface area contributed by atoms with Gasteiger partial charge in [0.05, 0.1) is 0 Å². The molecule has 0 amide bonds. The molecular formula is C14H18BrNO2. The molecule has 0 aliphatic carbocycles. The number of rotatable bonds is 6. The lowest BCUT2D eigenvalue weighted by Gasteiger charge is -2.12. The van der Waals surface area contributed by atoms with Crippen LogP contribution in [-0.4, -0.2) is 11.1 Å². The van der Waals surface area contributed by atoms with Gasteiger partial charge in [0, 0.05) is 21.9 Å². The summed E-state index contributed by atoms with van der Waals surface area (Å²) in [6.07, 6.45) is 2.94. The quantitative estimate of drug-likeness (QED) is 0.771. The number of benzene rings is 1. The van der Waals surface area contributed by atoms with Crippen molar-refractivity contribution in [3.63, 3.8) is 0 Å². The minimum absolute atomic E-state index is 0.550. The van der Waals surface area contributed by atoms with E-state index in [2.05, 4.69) is 35.1 Å². The van der Waals surface area contributed by atoms with Crippen LogP contribution in [0.25, 0.3) is 0 Å². The fourth-order valence-corrected chi connectivity index (χ4v) is 1.75. The highest BCUT2D eigenvalue weighted by atomic mass is 79.9. The van der Waals surface area contributed by atoms with E-state index in [0.29, 0.717) is 5.92 Å². The van der Waals surface area contributed by atoms with Crippen LogP contribution in [-0.2, 0) is 4.79 Å². The molecule has 0 aliphatic heterocycles. The zero-order chi connectivity index (χ0) is 13.5. The Labute approximate surface area is 116 Å². The Morgan fingerprint density at radius 3 is 2.50 bits per heavy atom. The first-order valence-electron chi connectivity index (χ1n) is 5.93. The van der Waals surface area contributed by atoms with Crippen molar-refractivity contribution in [2.45, 2.75) is 26.7 Å². The topological polar surface area (TPSA) is 49.3 Å². The predicted molar refractivity (Wildman–Crippen MR) is 77.6 cm³/mol. The predicted octanol–water partition coefficient (Wildman–Crippen LogP) is 4.27. The first-order chi connectivity index (χ1) is 8.47. The van der Waals surface area contributed by atoms with Crippen LogP contribution < -0.4 is 5.32 Å². The highest BCUT2D eigenvalue weighted by Crippen LogP contribution is 2.18. The largest absolute Gasteiger partial charge is 0.478 e. The minimum Gasteiger partial charge on any atom is -0.478 e. The summed E-state index contributed by atoms with van der Waals surface area (Å²) in [7, 11) is 0. The summed E-state index contributed by atoms with van der Waals surface area (Å²) in [4.78, 5) is 10.8. The highest BCUT2D eigenvalue weighted by Gasteiger charge is 2.03. The number of allylic oxidation sites excluding steroid dienone is 1. The highest BCUT2D eigenvalue weighted by molar-refractivity contribution is 9.10. The molecule has 0 aliphatic rings. The second-order valence-electron chi connectivity index (χ2n) is 4.57. The van der Waals surface area contributed by atoms with Crippen molar-refractivity contribution in [3.8, 4) is 0 Å². The van der Waals surface area contributed by atoms with E-state index >= 15 is 0 Å². The number of aliphatic carboxylic acids is 1. The van der Waals surface area contributed by atoms with Gasteiger partial charge in [-0.05, 0) is 43.0 Å². The van der Waals surface area contributed by atoms with Crippen LogP contribution in [0.15, 0.2) is 40.5 Å². The van der Waals surface area contributed by atoms with Gasteiger partial charge >= 0.3 is 5.97 Å². The molecule has 0 radical (unpaired) electrons. The fourth-order valence-electron chi connectivity index (χ4n) is 1.48. The van der Waals surface area contributed by atoms with Gasteiger partial charge in [0.15, 0.2) is 0 Å². The molecule has 18 heavy (non-hydrogen) atoms. The van der Waals surface area contributed by atoms with E-state index in [1.54, 1.807) is 0 Å². The lowest BCUT2D eigenvalue weighted by Crippen LogP contribution is -2.04. The number of carboxylic acid groups (broad SMARTS) is 1. The third-order valence-electron chi connectivity index (χ3n) is 2.44. The van der Waals surface area contributed by atoms with Gasteiger partial charge in [0.1, 0.15) is 0 Å². The Balaban J connectivity index is 2.72. The first-order valence-corrected chi connectivity index (χ1v) is 6.72. The minimum atomic E-state index is -0.918. The summed E-state index contributed by atoms with van der Waals surface area (Å²) >= 11 is 3.37. The van der Waals surface area contributed by atoms with Crippen molar-refractivity contribution in [3.05, 3.63) is 40.5 Å². The molecule has 0 saturated heterocycles. The molecule has 0 aromatic heterocycles.